The molecule has 168 valence electrons. The minimum atomic E-state index is -4.61. The molecule has 0 aliphatic carbocycles. The van der Waals surface area contributed by atoms with Gasteiger partial charge in [0.2, 0.25) is 5.91 Å². The number of piperazine rings is 1. The second-order valence-electron chi connectivity index (χ2n) is 7.42. The van der Waals surface area contributed by atoms with Gasteiger partial charge in [-0.1, -0.05) is 24.6 Å². The Morgan fingerprint density at radius 2 is 2.06 bits per heavy atom. The van der Waals surface area contributed by atoms with Crippen LogP contribution in [0.25, 0.3) is 5.57 Å². The van der Waals surface area contributed by atoms with Gasteiger partial charge in [0, 0.05) is 49.4 Å². The van der Waals surface area contributed by atoms with E-state index in [4.69, 9.17) is 11.6 Å². The van der Waals surface area contributed by atoms with Crippen molar-refractivity contribution in [1.29, 1.82) is 0 Å². The van der Waals surface area contributed by atoms with Crippen molar-refractivity contribution in [2.45, 2.75) is 32.9 Å². The lowest BCUT2D eigenvalue weighted by Crippen LogP contribution is -2.46. The number of allylic oxidation sites excluding steroid dienone is 2. The van der Waals surface area contributed by atoms with Gasteiger partial charge in [-0.05, 0) is 31.1 Å². The molecule has 0 aromatic carbocycles. The SMILES string of the molecule is CC/C=C/N=C1\NC(=O)CC(C(F)(F)F)\C1=C(\C)c1cc(Cl)cc(N2CCNCC2)n1. The van der Waals surface area contributed by atoms with Crippen molar-refractivity contribution in [3.05, 3.63) is 40.7 Å². The van der Waals surface area contributed by atoms with Crippen molar-refractivity contribution in [2.24, 2.45) is 10.9 Å². The molecule has 0 bridgehead atoms. The first-order valence-corrected chi connectivity index (χ1v) is 10.5. The minimum Gasteiger partial charge on any atom is -0.354 e. The summed E-state index contributed by atoms with van der Waals surface area (Å²) in [7, 11) is 0. The van der Waals surface area contributed by atoms with Crippen LogP contribution in [-0.2, 0) is 4.79 Å². The molecular weight excluding hydrogens is 431 g/mol. The summed E-state index contributed by atoms with van der Waals surface area (Å²) in [6.45, 7) is 6.45. The van der Waals surface area contributed by atoms with Crippen molar-refractivity contribution >= 4 is 34.7 Å². The number of aromatic nitrogens is 1. The van der Waals surface area contributed by atoms with E-state index in [-0.39, 0.29) is 17.0 Å². The van der Waals surface area contributed by atoms with Crippen molar-refractivity contribution < 1.29 is 18.0 Å². The van der Waals surface area contributed by atoms with Crippen molar-refractivity contribution in [2.75, 3.05) is 31.1 Å². The van der Waals surface area contributed by atoms with Crippen LogP contribution in [0, 0.1) is 5.92 Å². The van der Waals surface area contributed by atoms with Crippen LogP contribution in [0.3, 0.4) is 0 Å². The Hall–Kier alpha value is -2.39. The van der Waals surface area contributed by atoms with E-state index in [1.54, 1.807) is 25.1 Å². The number of halogens is 4. The average Bonchev–Trinajstić information content (AvgIpc) is 2.72. The van der Waals surface area contributed by atoms with Gasteiger partial charge in [-0.15, -0.1) is 0 Å². The van der Waals surface area contributed by atoms with Gasteiger partial charge in [0.1, 0.15) is 11.7 Å². The molecule has 2 aliphatic heterocycles. The van der Waals surface area contributed by atoms with E-state index in [9.17, 15) is 18.0 Å². The lowest BCUT2D eigenvalue weighted by atomic mass is 9.86. The first-order valence-electron chi connectivity index (χ1n) is 10.1. The van der Waals surface area contributed by atoms with Gasteiger partial charge in [-0.25, -0.2) is 9.98 Å². The van der Waals surface area contributed by atoms with E-state index in [0.29, 0.717) is 23.0 Å². The summed E-state index contributed by atoms with van der Waals surface area (Å²) in [6.07, 6.45) is -1.54. The number of amidine groups is 1. The molecule has 2 saturated heterocycles. The monoisotopic (exact) mass is 455 g/mol. The van der Waals surface area contributed by atoms with Crippen LogP contribution in [0.2, 0.25) is 5.02 Å². The fraction of sp³-hybridized carbons (Fsp3) is 0.476. The van der Waals surface area contributed by atoms with Crippen LogP contribution in [-0.4, -0.2) is 49.1 Å². The second kappa shape index (κ2) is 9.82. The maximum Gasteiger partial charge on any atom is 0.396 e. The number of pyridine rings is 1. The molecule has 0 spiro atoms. The highest BCUT2D eigenvalue weighted by atomic mass is 35.5. The van der Waals surface area contributed by atoms with Gasteiger partial charge in [-0.3, -0.25) is 4.79 Å². The maximum atomic E-state index is 13.9. The van der Waals surface area contributed by atoms with Gasteiger partial charge < -0.3 is 15.5 Å². The zero-order valence-electron chi connectivity index (χ0n) is 17.4. The van der Waals surface area contributed by atoms with Crippen LogP contribution >= 0.6 is 11.6 Å². The quantitative estimate of drug-likeness (QED) is 0.721. The van der Waals surface area contributed by atoms with Gasteiger partial charge in [0.15, 0.2) is 0 Å². The Balaban J connectivity index is 2.13. The summed E-state index contributed by atoms with van der Waals surface area (Å²) in [5.74, 6) is -2.19. The van der Waals surface area contributed by atoms with Crippen LogP contribution in [0.15, 0.2) is 35.0 Å². The molecule has 1 atom stereocenters. The average molecular weight is 456 g/mol. The molecule has 1 unspecified atom stereocenters. The number of nitrogens with zero attached hydrogens (tertiary/aromatic N) is 3. The number of piperidine rings is 1. The van der Waals surface area contributed by atoms with Crippen LogP contribution in [0.1, 0.15) is 32.4 Å². The van der Waals surface area contributed by atoms with Gasteiger partial charge in [0.05, 0.1) is 11.6 Å². The van der Waals surface area contributed by atoms with Gasteiger partial charge in [-0.2, -0.15) is 13.2 Å². The number of nitrogens with one attached hydrogen (secondary N) is 2. The fourth-order valence-electron chi connectivity index (χ4n) is 3.63. The Morgan fingerprint density at radius 3 is 2.71 bits per heavy atom. The molecule has 1 aromatic rings. The minimum absolute atomic E-state index is 0.0890. The highest BCUT2D eigenvalue weighted by Gasteiger charge is 2.48. The molecule has 10 heteroatoms. The predicted molar refractivity (Wildman–Crippen MR) is 116 cm³/mol. The molecule has 0 radical (unpaired) electrons. The summed E-state index contributed by atoms with van der Waals surface area (Å²) in [5.41, 5.74) is 0.521. The van der Waals surface area contributed by atoms with E-state index in [2.05, 4.69) is 20.6 Å². The van der Waals surface area contributed by atoms with E-state index in [1.165, 1.54) is 6.20 Å². The van der Waals surface area contributed by atoms with Gasteiger partial charge in [0.25, 0.3) is 0 Å². The smallest absolute Gasteiger partial charge is 0.354 e. The molecular formula is C21H25ClF3N5O. The number of rotatable bonds is 4. The highest BCUT2D eigenvalue weighted by molar-refractivity contribution is 6.31. The van der Waals surface area contributed by atoms with Crippen LogP contribution in [0.5, 0.6) is 0 Å². The molecule has 31 heavy (non-hydrogen) atoms. The number of hydrogen-bond acceptors (Lipinski definition) is 5. The Bertz CT molecular complexity index is 920. The molecule has 2 fully saturated rings. The van der Waals surface area contributed by atoms with Crippen LogP contribution < -0.4 is 15.5 Å². The third-order valence-electron chi connectivity index (χ3n) is 5.20. The zero-order chi connectivity index (χ0) is 22.6. The topological polar surface area (TPSA) is 69.6 Å². The Morgan fingerprint density at radius 1 is 1.35 bits per heavy atom. The van der Waals surface area contributed by atoms with Crippen molar-refractivity contribution in [3.8, 4) is 0 Å². The summed E-state index contributed by atoms with van der Waals surface area (Å²) < 4.78 is 41.7. The number of alkyl halides is 3. The third kappa shape index (κ3) is 5.65. The standard InChI is InChI=1S/C21H25ClF3N5O/c1-3-4-5-27-20-19(15(21(23,24)25)12-18(31)29-20)13(2)16-10-14(22)11-17(28-16)30-8-6-26-7-9-30/h4-5,10-11,15,26H,3,6-9,12H2,1-2H3,(H,27,29,31)/b5-4+,19-13+. The summed E-state index contributed by atoms with van der Waals surface area (Å²) in [4.78, 5) is 22.7. The maximum absolute atomic E-state index is 13.9. The summed E-state index contributed by atoms with van der Waals surface area (Å²) in [6, 6.07) is 3.25. The van der Waals surface area contributed by atoms with Crippen LogP contribution in [0.4, 0.5) is 19.0 Å². The number of carbonyl (C=O) groups excluding carboxylic acids is 1. The Kier molecular flexibility index (Phi) is 7.38. The number of carbonyl (C=O) groups is 1. The number of amides is 1. The highest BCUT2D eigenvalue weighted by Crippen LogP contribution is 2.40. The van der Waals surface area contributed by atoms with Gasteiger partial charge >= 0.3 is 6.18 Å². The Labute approximate surface area is 184 Å². The van der Waals surface area contributed by atoms with E-state index >= 15 is 0 Å². The predicted octanol–water partition coefficient (Wildman–Crippen LogP) is 3.94. The molecule has 1 aromatic heterocycles. The fourth-order valence-corrected chi connectivity index (χ4v) is 3.83. The lowest BCUT2D eigenvalue weighted by Gasteiger charge is -2.31. The van der Waals surface area contributed by atoms with E-state index in [1.807, 2.05) is 11.8 Å². The molecule has 3 heterocycles. The zero-order valence-corrected chi connectivity index (χ0v) is 18.1. The molecule has 3 rings (SSSR count). The molecule has 1 amide bonds. The number of hydrogen-bond donors (Lipinski definition) is 2. The number of aliphatic imine (C=N–C) groups is 1. The first kappa shape index (κ1) is 23.3. The van der Waals surface area contributed by atoms with E-state index in [0.717, 1.165) is 26.2 Å². The van der Waals surface area contributed by atoms with Crippen molar-refractivity contribution in [1.82, 2.24) is 15.6 Å². The second-order valence-corrected chi connectivity index (χ2v) is 7.86. The lowest BCUT2D eigenvalue weighted by molar-refractivity contribution is -0.169. The molecule has 6 nitrogen and oxygen atoms in total. The van der Waals surface area contributed by atoms with E-state index < -0.39 is 24.4 Å². The molecule has 2 aliphatic rings. The third-order valence-corrected chi connectivity index (χ3v) is 5.41. The number of anilines is 1. The molecule has 2 N–H and O–H groups in total. The molecule has 0 saturated carbocycles. The van der Waals surface area contributed by atoms with Crippen molar-refractivity contribution in [3.63, 3.8) is 0 Å². The summed E-state index contributed by atoms with van der Waals surface area (Å²) >= 11 is 6.30. The summed E-state index contributed by atoms with van der Waals surface area (Å²) in [5, 5.41) is 6.12. The first-order chi connectivity index (χ1) is 14.7. The largest absolute Gasteiger partial charge is 0.396 e. The normalized spacial score (nSPS) is 23.4.